The Morgan fingerprint density at radius 3 is 2.88 bits per heavy atom. The number of amides is 1. The van der Waals surface area contributed by atoms with Crippen molar-refractivity contribution in [2.45, 2.75) is 0 Å². The highest BCUT2D eigenvalue weighted by atomic mass is 32.1. The Morgan fingerprint density at radius 1 is 1.20 bits per heavy atom. The molecule has 0 bridgehead atoms. The van der Waals surface area contributed by atoms with E-state index in [2.05, 4.69) is 10.3 Å². The van der Waals surface area contributed by atoms with Crippen LogP contribution in [0.4, 0.5) is 5.13 Å². The number of methoxy groups -OCH3 is 1. The fourth-order valence-electron chi connectivity index (χ4n) is 2.46. The number of hydrogen-bond donors (Lipinski definition) is 1. The number of nitrogens with one attached hydrogen (secondary N) is 1. The van der Waals surface area contributed by atoms with E-state index in [-0.39, 0.29) is 11.2 Å². The molecule has 2 heterocycles. The Hall–Kier alpha value is -3.19. The first kappa shape index (κ1) is 15.3. The maximum Gasteiger partial charge on any atom is 0.293 e. The Kier molecular flexibility index (Phi) is 3.70. The fourth-order valence-corrected chi connectivity index (χ4v) is 3.30. The zero-order chi connectivity index (χ0) is 17.4. The molecule has 0 atom stereocenters. The van der Waals surface area contributed by atoms with Crippen LogP contribution in [0.3, 0.4) is 0 Å². The first-order chi connectivity index (χ1) is 12.1. The number of benzene rings is 2. The van der Waals surface area contributed by atoms with Gasteiger partial charge < -0.3 is 9.15 Å². The van der Waals surface area contributed by atoms with Crippen molar-refractivity contribution >= 4 is 43.6 Å². The Bertz CT molecular complexity index is 1160. The fraction of sp³-hybridized carbons (Fsp3) is 0.0556. The van der Waals surface area contributed by atoms with Gasteiger partial charge in [0.25, 0.3) is 5.91 Å². The summed E-state index contributed by atoms with van der Waals surface area (Å²) >= 11 is 1.33. The molecule has 1 N–H and O–H groups in total. The minimum absolute atomic E-state index is 0.0551. The molecule has 0 saturated carbocycles. The van der Waals surface area contributed by atoms with Crippen LogP contribution in [-0.2, 0) is 0 Å². The molecule has 0 aliphatic rings. The van der Waals surface area contributed by atoms with Crippen LogP contribution in [0.15, 0.2) is 57.7 Å². The summed E-state index contributed by atoms with van der Waals surface area (Å²) in [7, 11) is 1.58. The van der Waals surface area contributed by atoms with Crippen molar-refractivity contribution in [2.75, 3.05) is 12.4 Å². The van der Waals surface area contributed by atoms with Crippen molar-refractivity contribution in [3.63, 3.8) is 0 Å². The molecule has 25 heavy (non-hydrogen) atoms. The summed E-state index contributed by atoms with van der Waals surface area (Å²) in [6.45, 7) is 0. The lowest BCUT2D eigenvalue weighted by molar-refractivity contribution is 0.0997. The number of para-hydroxylation sites is 1. The van der Waals surface area contributed by atoms with Gasteiger partial charge in [0, 0.05) is 12.1 Å². The summed E-state index contributed by atoms with van der Waals surface area (Å²) in [5.74, 6) is 0.116. The summed E-state index contributed by atoms with van der Waals surface area (Å²) < 4.78 is 11.6. The van der Waals surface area contributed by atoms with Gasteiger partial charge in [-0.2, -0.15) is 0 Å². The summed E-state index contributed by atoms with van der Waals surface area (Å²) in [4.78, 5) is 28.9. The number of fused-ring (bicyclic) bond motifs is 2. The highest BCUT2D eigenvalue weighted by Crippen LogP contribution is 2.29. The van der Waals surface area contributed by atoms with E-state index in [9.17, 15) is 9.59 Å². The second-order valence-corrected chi connectivity index (χ2v) is 6.31. The molecule has 6 nitrogen and oxygen atoms in total. The summed E-state index contributed by atoms with van der Waals surface area (Å²) in [5, 5.41) is 3.53. The van der Waals surface area contributed by atoms with Crippen molar-refractivity contribution in [1.29, 1.82) is 0 Å². The molecule has 0 aliphatic carbocycles. The first-order valence-corrected chi connectivity index (χ1v) is 8.24. The van der Waals surface area contributed by atoms with Crippen LogP contribution in [0.5, 0.6) is 5.75 Å². The third-order valence-corrected chi connectivity index (χ3v) is 4.63. The molecular formula is C18H12N2O4S. The van der Waals surface area contributed by atoms with Gasteiger partial charge in [-0.3, -0.25) is 14.9 Å². The molecule has 2 aromatic heterocycles. The molecular weight excluding hydrogens is 340 g/mol. The zero-order valence-corrected chi connectivity index (χ0v) is 13.9. The average Bonchev–Trinajstić information content (AvgIpc) is 3.02. The molecule has 4 rings (SSSR count). The summed E-state index contributed by atoms with van der Waals surface area (Å²) in [6.07, 6.45) is 0. The molecule has 0 spiro atoms. The van der Waals surface area contributed by atoms with Crippen LogP contribution < -0.4 is 15.5 Å². The Morgan fingerprint density at radius 2 is 2.04 bits per heavy atom. The van der Waals surface area contributed by atoms with Crippen LogP contribution in [0.1, 0.15) is 10.6 Å². The molecule has 4 aromatic rings. The third kappa shape index (κ3) is 2.85. The zero-order valence-electron chi connectivity index (χ0n) is 13.1. The van der Waals surface area contributed by atoms with E-state index in [4.69, 9.17) is 9.15 Å². The number of aromatic nitrogens is 1. The first-order valence-electron chi connectivity index (χ1n) is 7.43. The van der Waals surface area contributed by atoms with E-state index in [1.807, 2.05) is 12.1 Å². The number of anilines is 1. The van der Waals surface area contributed by atoms with E-state index < -0.39 is 5.91 Å². The molecule has 2 aromatic carbocycles. The minimum Gasteiger partial charge on any atom is -0.497 e. The van der Waals surface area contributed by atoms with Gasteiger partial charge >= 0.3 is 0 Å². The van der Waals surface area contributed by atoms with Crippen molar-refractivity contribution in [3.8, 4) is 5.75 Å². The van der Waals surface area contributed by atoms with E-state index in [0.717, 1.165) is 10.2 Å². The molecule has 1 amide bonds. The second kappa shape index (κ2) is 6.03. The van der Waals surface area contributed by atoms with Gasteiger partial charge in [0.05, 0.1) is 22.7 Å². The molecule has 0 aliphatic heterocycles. The molecule has 0 radical (unpaired) electrons. The minimum atomic E-state index is -0.520. The average molecular weight is 352 g/mol. The number of thiazole rings is 1. The lowest BCUT2D eigenvalue weighted by Crippen LogP contribution is -2.14. The van der Waals surface area contributed by atoms with Gasteiger partial charge in [-0.15, -0.1) is 0 Å². The molecule has 0 saturated heterocycles. The summed E-state index contributed by atoms with van der Waals surface area (Å²) in [6, 6.07) is 13.5. The van der Waals surface area contributed by atoms with Gasteiger partial charge in [0.15, 0.2) is 16.3 Å². The molecule has 7 heteroatoms. The number of ether oxygens (including phenoxy) is 1. The van der Waals surface area contributed by atoms with Crippen LogP contribution >= 0.6 is 11.3 Å². The predicted molar refractivity (Wildman–Crippen MR) is 96.6 cm³/mol. The number of carbonyl (C=O) groups excluding carboxylic acids is 1. The lowest BCUT2D eigenvalue weighted by atomic mass is 10.2. The van der Waals surface area contributed by atoms with Crippen LogP contribution in [0.2, 0.25) is 0 Å². The van der Waals surface area contributed by atoms with Gasteiger partial charge in [-0.1, -0.05) is 23.5 Å². The Balaban J connectivity index is 1.67. The maximum absolute atomic E-state index is 12.4. The van der Waals surface area contributed by atoms with Crippen LogP contribution in [0, 0.1) is 0 Å². The van der Waals surface area contributed by atoms with E-state index in [0.29, 0.717) is 21.9 Å². The van der Waals surface area contributed by atoms with Crippen LogP contribution in [0.25, 0.3) is 21.2 Å². The summed E-state index contributed by atoms with van der Waals surface area (Å²) in [5.41, 5.74) is 0.829. The lowest BCUT2D eigenvalue weighted by Gasteiger charge is -2.02. The highest BCUT2D eigenvalue weighted by molar-refractivity contribution is 7.22. The second-order valence-electron chi connectivity index (χ2n) is 5.28. The number of carbonyl (C=O) groups is 1. The molecule has 0 fully saturated rings. The highest BCUT2D eigenvalue weighted by Gasteiger charge is 2.15. The SMILES string of the molecule is COc1ccc2sc(NC(=O)c3cc(=O)c4ccccc4o3)nc2c1. The van der Waals surface area contributed by atoms with Crippen molar-refractivity contribution in [1.82, 2.24) is 4.98 Å². The largest absolute Gasteiger partial charge is 0.497 e. The quantitative estimate of drug-likeness (QED) is 0.608. The van der Waals surface area contributed by atoms with E-state index in [1.165, 1.54) is 17.4 Å². The van der Waals surface area contributed by atoms with E-state index in [1.54, 1.807) is 37.4 Å². The number of rotatable bonds is 3. The van der Waals surface area contributed by atoms with Gasteiger partial charge in [-0.05, 0) is 24.3 Å². The van der Waals surface area contributed by atoms with Crippen molar-refractivity contribution < 1.29 is 13.9 Å². The molecule has 124 valence electrons. The monoisotopic (exact) mass is 352 g/mol. The smallest absolute Gasteiger partial charge is 0.293 e. The van der Waals surface area contributed by atoms with Gasteiger partial charge in [0.2, 0.25) is 0 Å². The topological polar surface area (TPSA) is 81.4 Å². The normalized spacial score (nSPS) is 10.9. The number of nitrogens with zero attached hydrogens (tertiary/aromatic N) is 1. The van der Waals surface area contributed by atoms with Crippen molar-refractivity contribution in [3.05, 3.63) is 64.5 Å². The standard InChI is InChI=1S/C18H12N2O4S/c1-23-10-6-7-16-12(8-10)19-18(25-16)20-17(22)15-9-13(21)11-4-2-3-5-14(11)24-15/h2-9H,1H3,(H,19,20,22). The van der Waals surface area contributed by atoms with Crippen molar-refractivity contribution in [2.24, 2.45) is 0 Å². The predicted octanol–water partition coefficient (Wildman–Crippen LogP) is 3.66. The van der Waals surface area contributed by atoms with E-state index >= 15 is 0 Å². The van der Waals surface area contributed by atoms with Crippen LogP contribution in [-0.4, -0.2) is 18.0 Å². The maximum atomic E-state index is 12.4. The van der Waals surface area contributed by atoms with Gasteiger partial charge in [0.1, 0.15) is 11.3 Å². The Labute approximate surface area is 145 Å². The van der Waals surface area contributed by atoms with Gasteiger partial charge in [-0.25, -0.2) is 4.98 Å². The molecule has 0 unspecified atom stereocenters. The number of hydrogen-bond acceptors (Lipinski definition) is 6. The third-order valence-electron chi connectivity index (χ3n) is 3.67.